The van der Waals surface area contributed by atoms with E-state index in [1.54, 1.807) is 31.2 Å². The van der Waals surface area contributed by atoms with Crippen LogP contribution < -0.4 is 10.5 Å². The fourth-order valence-electron chi connectivity index (χ4n) is 1.27. The minimum Gasteiger partial charge on any atom is -0.478 e. The summed E-state index contributed by atoms with van der Waals surface area (Å²) in [7, 11) is 0. The number of nitrogens with two attached hydrogens (primary N) is 1. The Morgan fingerprint density at radius 1 is 1.50 bits per heavy atom. The molecule has 3 N–H and O–H groups in total. The van der Waals surface area contributed by atoms with E-state index in [1.165, 1.54) is 0 Å². The van der Waals surface area contributed by atoms with Crippen LogP contribution in [0.3, 0.4) is 0 Å². The molecule has 0 spiro atoms. The molecule has 1 atom stereocenters. The minimum atomic E-state index is -1.37. The Labute approximate surface area is 99.0 Å². The van der Waals surface area contributed by atoms with Gasteiger partial charge in [0, 0.05) is 11.6 Å². The summed E-state index contributed by atoms with van der Waals surface area (Å²) >= 11 is 5.72. The maximum absolute atomic E-state index is 11.1. The van der Waals surface area contributed by atoms with Crippen LogP contribution in [0.5, 0.6) is 5.75 Å². The van der Waals surface area contributed by atoms with Gasteiger partial charge in [0.25, 0.3) is 0 Å². The summed E-state index contributed by atoms with van der Waals surface area (Å²) in [4.78, 5) is 11.1. The number of hydrogen-bond acceptors (Lipinski definition) is 3. The van der Waals surface area contributed by atoms with E-state index in [-0.39, 0.29) is 6.54 Å². The Balaban J connectivity index is 2.91. The first-order chi connectivity index (χ1) is 7.54. The average molecular weight is 244 g/mol. The number of hydrogen-bond donors (Lipinski definition) is 2. The lowest BCUT2D eigenvalue weighted by atomic mass is 10.0. The molecule has 0 aliphatic carbocycles. The molecule has 0 heterocycles. The second-order valence-corrected chi connectivity index (χ2v) is 3.85. The van der Waals surface area contributed by atoms with E-state index in [9.17, 15) is 4.79 Å². The molecule has 4 nitrogen and oxygen atoms in total. The lowest BCUT2D eigenvalue weighted by Gasteiger charge is -2.27. The van der Waals surface area contributed by atoms with Crippen molar-refractivity contribution in [3.05, 3.63) is 29.3 Å². The number of benzene rings is 1. The van der Waals surface area contributed by atoms with Crippen LogP contribution in [0.25, 0.3) is 0 Å². The highest BCUT2D eigenvalue weighted by Crippen LogP contribution is 2.23. The average Bonchev–Trinajstić information content (AvgIpc) is 2.28. The van der Waals surface area contributed by atoms with Gasteiger partial charge >= 0.3 is 5.97 Å². The van der Waals surface area contributed by atoms with E-state index in [0.29, 0.717) is 17.2 Å². The van der Waals surface area contributed by atoms with Crippen LogP contribution in [0.15, 0.2) is 24.3 Å². The van der Waals surface area contributed by atoms with Gasteiger partial charge in [-0.05, 0) is 30.7 Å². The zero-order chi connectivity index (χ0) is 12.2. The fraction of sp³-hybridized carbons (Fsp3) is 0.364. The van der Waals surface area contributed by atoms with Gasteiger partial charge in [0.2, 0.25) is 5.60 Å². The van der Waals surface area contributed by atoms with Crippen molar-refractivity contribution < 1.29 is 14.6 Å². The van der Waals surface area contributed by atoms with Gasteiger partial charge in [-0.25, -0.2) is 4.79 Å². The SMILES string of the molecule is CCC(CN)(Oc1ccc(Cl)cc1)C(=O)O. The van der Waals surface area contributed by atoms with Crippen LogP contribution in [0, 0.1) is 0 Å². The molecule has 0 saturated heterocycles. The van der Waals surface area contributed by atoms with E-state index in [1.807, 2.05) is 0 Å². The van der Waals surface area contributed by atoms with E-state index >= 15 is 0 Å². The number of carboxylic acid groups (broad SMARTS) is 1. The van der Waals surface area contributed by atoms with Gasteiger partial charge in [0.15, 0.2) is 0 Å². The van der Waals surface area contributed by atoms with E-state index in [2.05, 4.69) is 0 Å². The predicted octanol–water partition coefficient (Wildman–Crippen LogP) is 1.91. The molecule has 0 aliphatic heterocycles. The fourth-order valence-corrected chi connectivity index (χ4v) is 1.39. The topological polar surface area (TPSA) is 72.5 Å². The van der Waals surface area contributed by atoms with Crippen molar-refractivity contribution in [3.63, 3.8) is 0 Å². The van der Waals surface area contributed by atoms with Crippen LogP contribution >= 0.6 is 11.6 Å². The number of rotatable bonds is 5. The molecular formula is C11H14ClNO3. The largest absolute Gasteiger partial charge is 0.478 e. The molecule has 88 valence electrons. The zero-order valence-electron chi connectivity index (χ0n) is 8.94. The highest BCUT2D eigenvalue weighted by Gasteiger charge is 2.37. The Morgan fingerprint density at radius 2 is 2.06 bits per heavy atom. The molecule has 0 fully saturated rings. The van der Waals surface area contributed by atoms with Crippen molar-refractivity contribution in [3.8, 4) is 5.75 Å². The minimum absolute atomic E-state index is 0.0819. The van der Waals surface area contributed by atoms with Crippen LogP contribution in [-0.2, 0) is 4.79 Å². The number of carbonyl (C=O) groups is 1. The van der Waals surface area contributed by atoms with Gasteiger partial charge < -0.3 is 15.6 Å². The second-order valence-electron chi connectivity index (χ2n) is 3.41. The molecule has 16 heavy (non-hydrogen) atoms. The molecule has 1 aromatic rings. The first-order valence-electron chi connectivity index (χ1n) is 4.92. The number of ether oxygens (including phenoxy) is 1. The normalized spacial score (nSPS) is 14.2. The summed E-state index contributed by atoms with van der Waals surface area (Å²) in [6.45, 7) is 1.64. The molecule has 1 aromatic carbocycles. The molecular weight excluding hydrogens is 230 g/mol. The van der Waals surface area contributed by atoms with Crippen LogP contribution in [-0.4, -0.2) is 23.2 Å². The van der Waals surface area contributed by atoms with Gasteiger partial charge in [-0.1, -0.05) is 18.5 Å². The van der Waals surface area contributed by atoms with E-state index < -0.39 is 11.6 Å². The van der Waals surface area contributed by atoms with Gasteiger partial charge in [0.05, 0.1) is 0 Å². The smallest absolute Gasteiger partial charge is 0.349 e. The molecule has 0 amide bonds. The standard InChI is InChI=1S/C11H14ClNO3/c1-2-11(7-13,10(14)15)16-9-5-3-8(12)4-6-9/h3-6H,2,7,13H2,1H3,(H,14,15). The van der Waals surface area contributed by atoms with Crippen LogP contribution in [0.4, 0.5) is 0 Å². The highest BCUT2D eigenvalue weighted by atomic mass is 35.5. The van der Waals surface area contributed by atoms with Crippen molar-refractivity contribution in [1.82, 2.24) is 0 Å². The molecule has 0 saturated carbocycles. The number of aliphatic carboxylic acids is 1. The third kappa shape index (κ3) is 2.65. The summed E-state index contributed by atoms with van der Waals surface area (Å²) in [5, 5.41) is 9.68. The Bertz CT molecular complexity index is 360. The second kappa shape index (κ2) is 5.18. The Morgan fingerprint density at radius 3 is 2.44 bits per heavy atom. The van der Waals surface area contributed by atoms with E-state index in [0.717, 1.165) is 0 Å². The maximum Gasteiger partial charge on any atom is 0.349 e. The summed E-state index contributed by atoms with van der Waals surface area (Å²) < 4.78 is 5.43. The first-order valence-corrected chi connectivity index (χ1v) is 5.30. The number of halogens is 1. The van der Waals surface area contributed by atoms with Crippen molar-refractivity contribution in [2.45, 2.75) is 18.9 Å². The molecule has 5 heteroatoms. The van der Waals surface area contributed by atoms with Gasteiger partial charge in [-0.15, -0.1) is 0 Å². The van der Waals surface area contributed by atoms with Gasteiger partial charge in [0.1, 0.15) is 5.75 Å². The van der Waals surface area contributed by atoms with Crippen molar-refractivity contribution >= 4 is 17.6 Å². The van der Waals surface area contributed by atoms with Crippen molar-refractivity contribution in [1.29, 1.82) is 0 Å². The van der Waals surface area contributed by atoms with Gasteiger partial charge in [-0.2, -0.15) is 0 Å². The third-order valence-corrected chi connectivity index (χ3v) is 2.67. The molecule has 0 aromatic heterocycles. The lowest BCUT2D eigenvalue weighted by molar-refractivity contribution is -0.154. The first kappa shape index (κ1) is 12.8. The van der Waals surface area contributed by atoms with Gasteiger partial charge in [-0.3, -0.25) is 0 Å². The van der Waals surface area contributed by atoms with Crippen LogP contribution in [0.2, 0.25) is 5.02 Å². The summed E-state index contributed by atoms with van der Waals surface area (Å²) in [5.41, 5.74) is 4.10. The lowest BCUT2D eigenvalue weighted by Crippen LogP contribution is -2.50. The highest BCUT2D eigenvalue weighted by molar-refractivity contribution is 6.30. The predicted molar refractivity (Wildman–Crippen MR) is 61.8 cm³/mol. The summed E-state index contributed by atoms with van der Waals surface area (Å²) in [6.07, 6.45) is 0.293. The molecule has 1 unspecified atom stereocenters. The molecule has 0 bridgehead atoms. The summed E-state index contributed by atoms with van der Waals surface area (Å²) in [5.74, 6) is -0.619. The number of carboxylic acids is 1. The third-order valence-electron chi connectivity index (χ3n) is 2.42. The Kier molecular flexibility index (Phi) is 4.15. The molecule has 0 aliphatic rings. The summed E-state index contributed by atoms with van der Waals surface area (Å²) in [6, 6.07) is 6.50. The van der Waals surface area contributed by atoms with E-state index in [4.69, 9.17) is 27.2 Å². The van der Waals surface area contributed by atoms with Crippen LogP contribution in [0.1, 0.15) is 13.3 Å². The Hall–Kier alpha value is -1.26. The molecule has 0 radical (unpaired) electrons. The zero-order valence-corrected chi connectivity index (χ0v) is 9.70. The van der Waals surface area contributed by atoms with Crippen molar-refractivity contribution in [2.75, 3.05) is 6.54 Å². The maximum atomic E-state index is 11.1. The molecule has 1 rings (SSSR count). The monoisotopic (exact) mass is 243 g/mol. The van der Waals surface area contributed by atoms with Crippen molar-refractivity contribution in [2.24, 2.45) is 5.73 Å². The quantitative estimate of drug-likeness (QED) is 0.829.